The van der Waals surface area contributed by atoms with Crippen molar-refractivity contribution < 1.29 is 0 Å². The smallest absolute Gasteiger partial charge is 0.111 e. The zero-order valence-corrected chi connectivity index (χ0v) is 23.2. The molecule has 192 valence electrons. The normalized spacial score (nSPS) is 12.4. The third kappa shape index (κ3) is 3.30. The minimum absolute atomic E-state index is 1.03. The predicted octanol–water partition coefficient (Wildman–Crippen LogP) is 10.6. The molecule has 1 aliphatic rings. The fourth-order valence-electron chi connectivity index (χ4n) is 6.74. The molecule has 0 saturated carbocycles. The van der Waals surface area contributed by atoms with Crippen molar-refractivity contribution in [1.29, 1.82) is 0 Å². The van der Waals surface area contributed by atoms with Crippen molar-refractivity contribution in [3.8, 4) is 27.9 Å². The van der Waals surface area contributed by atoms with E-state index in [4.69, 9.17) is 4.98 Å². The molecule has 0 aliphatic carbocycles. The SMILES string of the molecule is Cc1nc2cccc3c2n1-c1ccc(-c2c4ccccc4c(-c4ccc5ccccc5c4)c4ccccc24)cc1S3. The van der Waals surface area contributed by atoms with Gasteiger partial charge in [0.2, 0.25) is 0 Å². The van der Waals surface area contributed by atoms with Crippen molar-refractivity contribution in [3.05, 3.63) is 133 Å². The first-order valence-electron chi connectivity index (χ1n) is 14.0. The Hall–Kier alpha value is -4.86. The molecule has 0 N–H and O–H groups in total. The Morgan fingerprint density at radius 1 is 0.537 bits per heavy atom. The van der Waals surface area contributed by atoms with Crippen LogP contribution in [0.3, 0.4) is 0 Å². The summed E-state index contributed by atoms with van der Waals surface area (Å²) in [6.45, 7) is 2.10. The van der Waals surface area contributed by atoms with E-state index >= 15 is 0 Å². The van der Waals surface area contributed by atoms with Gasteiger partial charge in [-0.3, -0.25) is 4.57 Å². The van der Waals surface area contributed by atoms with Crippen LogP contribution in [0.4, 0.5) is 0 Å². The minimum atomic E-state index is 1.03. The van der Waals surface area contributed by atoms with Gasteiger partial charge in [-0.1, -0.05) is 109 Å². The molecule has 0 fully saturated rings. The Bertz CT molecular complexity index is 2310. The number of imidazole rings is 1. The van der Waals surface area contributed by atoms with Crippen LogP contribution in [0.5, 0.6) is 0 Å². The van der Waals surface area contributed by atoms with E-state index in [0.717, 1.165) is 11.3 Å². The van der Waals surface area contributed by atoms with Crippen molar-refractivity contribution in [1.82, 2.24) is 9.55 Å². The average Bonchev–Trinajstić information content (AvgIpc) is 3.36. The highest BCUT2D eigenvalue weighted by Gasteiger charge is 2.23. The maximum absolute atomic E-state index is 4.85. The Morgan fingerprint density at radius 3 is 1.85 bits per heavy atom. The molecule has 0 amide bonds. The molecular formula is C38H24N2S. The van der Waals surface area contributed by atoms with Crippen molar-refractivity contribution in [2.75, 3.05) is 0 Å². The molecule has 3 heteroatoms. The zero-order valence-electron chi connectivity index (χ0n) is 22.4. The van der Waals surface area contributed by atoms with Gasteiger partial charge in [-0.05, 0) is 91.8 Å². The second-order valence-electron chi connectivity index (χ2n) is 10.8. The van der Waals surface area contributed by atoms with Gasteiger partial charge in [-0.2, -0.15) is 0 Å². The lowest BCUT2D eigenvalue weighted by molar-refractivity contribution is 0.963. The van der Waals surface area contributed by atoms with Crippen LogP contribution < -0.4 is 0 Å². The van der Waals surface area contributed by atoms with E-state index in [-0.39, 0.29) is 0 Å². The summed E-state index contributed by atoms with van der Waals surface area (Å²) in [5.74, 6) is 1.03. The van der Waals surface area contributed by atoms with Gasteiger partial charge in [-0.25, -0.2) is 4.98 Å². The van der Waals surface area contributed by atoms with E-state index in [1.807, 2.05) is 11.8 Å². The lowest BCUT2D eigenvalue weighted by Gasteiger charge is -2.22. The molecule has 0 spiro atoms. The fraction of sp³-hybridized carbons (Fsp3) is 0.0263. The molecular weight excluding hydrogens is 516 g/mol. The van der Waals surface area contributed by atoms with E-state index in [9.17, 15) is 0 Å². The molecule has 1 aliphatic heterocycles. The second kappa shape index (κ2) is 8.57. The van der Waals surface area contributed by atoms with Crippen LogP contribution in [0.1, 0.15) is 5.82 Å². The number of aryl methyl sites for hydroxylation is 1. The maximum Gasteiger partial charge on any atom is 0.111 e. The van der Waals surface area contributed by atoms with Crippen LogP contribution in [-0.2, 0) is 0 Å². The summed E-state index contributed by atoms with van der Waals surface area (Å²) in [6.07, 6.45) is 0. The summed E-state index contributed by atoms with van der Waals surface area (Å²) in [7, 11) is 0. The third-order valence-electron chi connectivity index (χ3n) is 8.49. The van der Waals surface area contributed by atoms with Crippen molar-refractivity contribution in [3.63, 3.8) is 0 Å². The lowest BCUT2D eigenvalue weighted by atomic mass is 9.85. The Labute approximate surface area is 241 Å². The zero-order chi connectivity index (χ0) is 27.1. The Balaban J connectivity index is 1.33. The van der Waals surface area contributed by atoms with E-state index in [2.05, 4.69) is 139 Å². The van der Waals surface area contributed by atoms with Gasteiger partial charge in [0, 0.05) is 9.79 Å². The number of aromatic nitrogens is 2. The van der Waals surface area contributed by atoms with Gasteiger partial charge in [0.25, 0.3) is 0 Å². The van der Waals surface area contributed by atoms with Crippen molar-refractivity contribution in [2.24, 2.45) is 0 Å². The molecule has 8 aromatic rings. The number of nitrogens with zero attached hydrogens (tertiary/aromatic N) is 2. The van der Waals surface area contributed by atoms with Gasteiger partial charge >= 0.3 is 0 Å². The summed E-state index contributed by atoms with van der Waals surface area (Å²) < 4.78 is 2.32. The van der Waals surface area contributed by atoms with E-state index in [0.29, 0.717) is 0 Å². The van der Waals surface area contributed by atoms with E-state index in [1.54, 1.807) is 0 Å². The minimum Gasteiger partial charge on any atom is -0.294 e. The van der Waals surface area contributed by atoms with E-state index < -0.39 is 0 Å². The number of hydrogen-bond acceptors (Lipinski definition) is 2. The first kappa shape index (κ1) is 22.9. The molecule has 0 bridgehead atoms. The highest BCUT2D eigenvalue weighted by atomic mass is 32.2. The van der Waals surface area contributed by atoms with Gasteiger partial charge in [0.05, 0.1) is 16.7 Å². The molecule has 41 heavy (non-hydrogen) atoms. The van der Waals surface area contributed by atoms with Crippen LogP contribution in [0.2, 0.25) is 0 Å². The first-order valence-corrected chi connectivity index (χ1v) is 14.8. The van der Waals surface area contributed by atoms with E-state index in [1.165, 1.54) is 75.6 Å². The van der Waals surface area contributed by atoms with Crippen LogP contribution in [0, 0.1) is 6.92 Å². The molecule has 0 atom stereocenters. The first-order chi connectivity index (χ1) is 20.2. The molecule has 9 rings (SSSR count). The van der Waals surface area contributed by atoms with Crippen LogP contribution in [-0.4, -0.2) is 9.55 Å². The number of rotatable bonds is 2. The predicted molar refractivity (Wildman–Crippen MR) is 173 cm³/mol. The topological polar surface area (TPSA) is 17.8 Å². The molecule has 2 heterocycles. The quantitative estimate of drug-likeness (QED) is 0.203. The molecule has 0 radical (unpaired) electrons. The summed E-state index contributed by atoms with van der Waals surface area (Å²) in [6, 6.07) is 46.7. The third-order valence-corrected chi connectivity index (χ3v) is 9.58. The standard InChI is InChI=1S/C38H24N2S/c1-23-39-32-15-8-16-34-38(32)40(23)33-20-19-27(22-35(33)41-34)37-30-13-6-4-11-28(30)36(29-12-5-7-14-31(29)37)26-18-17-24-9-2-3-10-25(24)21-26/h2-22H,1H3. The Kier molecular flexibility index (Phi) is 4.79. The molecule has 7 aromatic carbocycles. The highest BCUT2D eigenvalue weighted by Crippen LogP contribution is 2.48. The molecule has 0 saturated heterocycles. The summed E-state index contributed by atoms with van der Waals surface area (Å²) in [4.78, 5) is 7.37. The average molecular weight is 541 g/mol. The monoisotopic (exact) mass is 540 g/mol. The summed E-state index contributed by atoms with van der Waals surface area (Å²) in [5.41, 5.74) is 8.55. The summed E-state index contributed by atoms with van der Waals surface area (Å²) >= 11 is 1.85. The van der Waals surface area contributed by atoms with Gasteiger partial charge in [-0.15, -0.1) is 0 Å². The van der Waals surface area contributed by atoms with Gasteiger partial charge < -0.3 is 0 Å². The molecule has 2 nitrogen and oxygen atoms in total. The van der Waals surface area contributed by atoms with Crippen LogP contribution >= 0.6 is 11.8 Å². The Morgan fingerprint density at radius 2 is 1.15 bits per heavy atom. The number of benzene rings is 7. The van der Waals surface area contributed by atoms with Crippen molar-refractivity contribution >= 4 is 55.1 Å². The van der Waals surface area contributed by atoms with Crippen LogP contribution in [0.15, 0.2) is 137 Å². The number of para-hydroxylation sites is 1. The second-order valence-corrected chi connectivity index (χ2v) is 11.9. The van der Waals surface area contributed by atoms with Crippen LogP contribution in [0.25, 0.3) is 71.3 Å². The van der Waals surface area contributed by atoms with Gasteiger partial charge in [0.15, 0.2) is 0 Å². The number of hydrogen-bond donors (Lipinski definition) is 0. The fourth-order valence-corrected chi connectivity index (χ4v) is 7.86. The van der Waals surface area contributed by atoms with Crippen molar-refractivity contribution in [2.45, 2.75) is 16.7 Å². The lowest BCUT2D eigenvalue weighted by Crippen LogP contribution is -2.03. The maximum atomic E-state index is 4.85. The molecule has 1 aromatic heterocycles. The molecule has 0 unspecified atom stereocenters. The largest absolute Gasteiger partial charge is 0.294 e. The summed E-state index contributed by atoms with van der Waals surface area (Å²) in [5, 5.41) is 7.63. The number of fused-ring (bicyclic) bond motifs is 5. The van der Waals surface area contributed by atoms with Gasteiger partial charge in [0.1, 0.15) is 5.82 Å². The highest BCUT2D eigenvalue weighted by molar-refractivity contribution is 7.99.